The third kappa shape index (κ3) is 7.34. The van der Waals surface area contributed by atoms with Crippen molar-refractivity contribution in [2.75, 3.05) is 50.8 Å². The van der Waals surface area contributed by atoms with Gasteiger partial charge in [-0.2, -0.15) is 0 Å². The molecule has 7 heteroatoms. The smallest absolute Gasteiger partial charge is 0.220 e. The molecule has 0 bridgehead atoms. The number of hydrogen-bond donors (Lipinski definition) is 1. The second kappa shape index (κ2) is 12.2. The molecule has 32 heavy (non-hydrogen) atoms. The summed E-state index contributed by atoms with van der Waals surface area (Å²) >= 11 is 0. The summed E-state index contributed by atoms with van der Waals surface area (Å²) in [6.07, 6.45) is 1.31. The molecule has 172 valence electrons. The molecule has 1 fully saturated rings. The van der Waals surface area contributed by atoms with E-state index < -0.39 is 0 Å². The Morgan fingerprint density at radius 3 is 2.31 bits per heavy atom. The number of amides is 1. The number of anilines is 1. The molecule has 1 N–H and O–H groups in total. The van der Waals surface area contributed by atoms with Crippen molar-refractivity contribution in [1.29, 1.82) is 0 Å². The van der Waals surface area contributed by atoms with Gasteiger partial charge in [0.15, 0.2) is 5.78 Å². The highest BCUT2D eigenvalue weighted by atomic mass is 19.1. The monoisotopic (exact) mass is 441 g/mol. The Hall–Kier alpha value is -2.93. The third-order valence-corrected chi connectivity index (χ3v) is 5.54. The Kier molecular flexibility index (Phi) is 9.04. The van der Waals surface area contributed by atoms with Gasteiger partial charge in [-0.1, -0.05) is 6.92 Å². The average molecular weight is 442 g/mol. The number of carbonyl (C=O) groups excluding carboxylic acids is 2. The Morgan fingerprint density at radius 1 is 0.969 bits per heavy atom. The summed E-state index contributed by atoms with van der Waals surface area (Å²) in [6.45, 7) is 7.56. The first kappa shape index (κ1) is 23.7. The summed E-state index contributed by atoms with van der Waals surface area (Å²) in [5, 5.41) is 2.91. The Labute approximate surface area is 189 Å². The first-order valence-electron chi connectivity index (χ1n) is 11.3. The first-order valence-corrected chi connectivity index (χ1v) is 11.3. The lowest BCUT2D eigenvalue weighted by Crippen LogP contribution is -2.48. The lowest BCUT2D eigenvalue weighted by Gasteiger charge is -2.36. The average Bonchev–Trinajstić information content (AvgIpc) is 2.82. The van der Waals surface area contributed by atoms with Crippen LogP contribution in [0.2, 0.25) is 0 Å². The predicted octanol–water partition coefficient (Wildman–Crippen LogP) is 3.52. The van der Waals surface area contributed by atoms with Gasteiger partial charge < -0.3 is 15.0 Å². The quantitative estimate of drug-likeness (QED) is 0.541. The van der Waals surface area contributed by atoms with Gasteiger partial charge in [0, 0.05) is 63.4 Å². The number of nitrogens with one attached hydrogen (secondary N) is 1. The van der Waals surface area contributed by atoms with Crippen molar-refractivity contribution >= 4 is 17.4 Å². The first-order chi connectivity index (χ1) is 15.5. The molecule has 1 aliphatic heterocycles. The van der Waals surface area contributed by atoms with Gasteiger partial charge in [0.1, 0.15) is 11.6 Å². The molecule has 0 atom stereocenters. The van der Waals surface area contributed by atoms with Crippen molar-refractivity contribution in [3.05, 3.63) is 59.9 Å². The summed E-state index contributed by atoms with van der Waals surface area (Å²) in [6, 6.07) is 13.7. The summed E-state index contributed by atoms with van der Waals surface area (Å²) in [7, 11) is 0. The number of carbonyl (C=O) groups is 2. The van der Waals surface area contributed by atoms with Crippen LogP contribution in [-0.2, 0) is 4.79 Å². The van der Waals surface area contributed by atoms with Crippen LogP contribution in [0.15, 0.2) is 48.5 Å². The topological polar surface area (TPSA) is 61.9 Å². The maximum absolute atomic E-state index is 13.1. The van der Waals surface area contributed by atoms with Gasteiger partial charge >= 0.3 is 0 Å². The molecule has 1 aliphatic rings. The largest absolute Gasteiger partial charge is 0.494 e. The SMILES string of the molecule is CCCOc1ccc(C(=O)CCC(=O)NCCN2CCN(c3ccc(F)cc3)CC2)cc1. The molecule has 0 radical (unpaired) electrons. The number of hydrogen-bond acceptors (Lipinski definition) is 5. The van der Waals surface area contributed by atoms with Crippen molar-refractivity contribution in [3.63, 3.8) is 0 Å². The van der Waals surface area contributed by atoms with Crippen LogP contribution in [0.5, 0.6) is 5.75 Å². The lowest BCUT2D eigenvalue weighted by molar-refractivity contribution is -0.121. The molecule has 2 aromatic carbocycles. The Bertz CT molecular complexity index is 863. The molecule has 6 nitrogen and oxygen atoms in total. The number of piperazine rings is 1. The van der Waals surface area contributed by atoms with Crippen LogP contribution in [0.3, 0.4) is 0 Å². The summed E-state index contributed by atoms with van der Waals surface area (Å²) < 4.78 is 18.6. The van der Waals surface area contributed by atoms with Gasteiger partial charge in [0.2, 0.25) is 5.91 Å². The molecule has 0 aliphatic carbocycles. The third-order valence-electron chi connectivity index (χ3n) is 5.54. The zero-order chi connectivity index (χ0) is 22.8. The molecule has 0 aromatic heterocycles. The summed E-state index contributed by atoms with van der Waals surface area (Å²) in [5.41, 5.74) is 1.63. The van der Waals surface area contributed by atoms with Crippen LogP contribution >= 0.6 is 0 Å². The van der Waals surface area contributed by atoms with Gasteiger partial charge in [-0.3, -0.25) is 14.5 Å². The number of nitrogens with zero attached hydrogens (tertiary/aromatic N) is 2. The second-order valence-corrected chi connectivity index (χ2v) is 7.95. The maximum atomic E-state index is 13.1. The van der Waals surface area contributed by atoms with Crippen LogP contribution in [-0.4, -0.2) is 62.5 Å². The molecule has 0 saturated carbocycles. The summed E-state index contributed by atoms with van der Waals surface area (Å²) in [5.74, 6) is 0.379. The zero-order valence-electron chi connectivity index (χ0n) is 18.7. The minimum absolute atomic E-state index is 0.0425. The Morgan fingerprint density at radius 2 is 1.66 bits per heavy atom. The van der Waals surface area contributed by atoms with E-state index in [9.17, 15) is 14.0 Å². The normalized spacial score (nSPS) is 14.2. The minimum Gasteiger partial charge on any atom is -0.494 e. The minimum atomic E-state index is -0.222. The van der Waals surface area contributed by atoms with Crippen molar-refractivity contribution in [2.24, 2.45) is 0 Å². The molecule has 1 amide bonds. The van der Waals surface area contributed by atoms with Crippen LogP contribution in [0.4, 0.5) is 10.1 Å². The van der Waals surface area contributed by atoms with E-state index in [0.717, 1.165) is 50.6 Å². The summed E-state index contributed by atoms with van der Waals surface area (Å²) in [4.78, 5) is 29.0. The van der Waals surface area contributed by atoms with E-state index in [2.05, 4.69) is 15.1 Å². The Balaban J connectivity index is 1.30. The van der Waals surface area contributed by atoms with Crippen molar-refractivity contribution in [3.8, 4) is 5.75 Å². The van der Waals surface area contributed by atoms with E-state index in [1.165, 1.54) is 12.1 Å². The number of Topliss-reactive ketones (excluding diaryl/α,β-unsaturated/α-hetero) is 1. The van der Waals surface area contributed by atoms with Gasteiger partial charge in [-0.25, -0.2) is 4.39 Å². The second-order valence-electron chi connectivity index (χ2n) is 7.95. The van der Waals surface area contributed by atoms with Crippen LogP contribution in [0.25, 0.3) is 0 Å². The lowest BCUT2D eigenvalue weighted by atomic mass is 10.1. The molecule has 1 saturated heterocycles. The van der Waals surface area contributed by atoms with E-state index in [-0.39, 0.29) is 30.3 Å². The highest BCUT2D eigenvalue weighted by Gasteiger charge is 2.17. The molecular weight excluding hydrogens is 409 g/mol. The fourth-order valence-electron chi connectivity index (χ4n) is 3.65. The highest BCUT2D eigenvalue weighted by Crippen LogP contribution is 2.17. The van der Waals surface area contributed by atoms with Crippen LogP contribution < -0.4 is 15.0 Å². The molecular formula is C25H32FN3O3. The van der Waals surface area contributed by atoms with E-state index in [1.807, 2.05) is 6.92 Å². The number of halogens is 1. The highest BCUT2D eigenvalue weighted by molar-refractivity contribution is 5.98. The van der Waals surface area contributed by atoms with Crippen molar-refractivity contribution < 1.29 is 18.7 Å². The molecule has 0 spiro atoms. The standard InChI is InChI=1S/C25H32FN3O3/c1-2-19-32-23-9-3-20(4-10-23)24(30)11-12-25(31)27-13-14-28-15-17-29(18-16-28)22-7-5-21(26)6-8-22/h3-10H,2,11-19H2,1H3,(H,27,31). The number of benzene rings is 2. The van der Waals surface area contributed by atoms with Gasteiger partial charge in [0.25, 0.3) is 0 Å². The van der Waals surface area contributed by atoms with Crippen molar-refractivity contribution in [1.82, 2.24) is 10.2 Å². The number of ketones is 1. The molecule has 2 aromatic rings. The van der Waals surface area contributed by atoms with Crippen LogP contribution in [0.1, 0.15) is 36.5 Å². The fraction of sp³-hybridized carbons (Fsp3) is 0.440. The van der Waals surface area contributed by atoms with Gasteiger partial charge in [0.05, 0.1) is 6.61 Å². The fourth-order valence-corrected chi connectivity index (χ4v) is 3.65. The van der Waals surface area contributed by atoms with Gasteiger partial charge in [-0.05, 0) is 55.0 Å². The zero-order valence-corrected chi connectivity index (χ0v) is 18.7. The molecule has 0 unspecified atom stereocenters. The van der Waals surface area contributed by atoms with E-state index in [0.29, 0.717) is 18.7 Å². The molecule has 1 heterocycles. The molecule has 3 rings (SSSR count). The van der Waals surface area contributed by atoms with Crippen molar-refractivity contribution in [2.45, 2.75) is 26.2 Å². The van der Waals surface area contributed by atoms with E-state index in [4.69, 9.17) is 4.74 Å². The van der Waals surface area contributed by atoms with E-state index >= 15 is 0 Å². The number of rotatable bonds is 11. The van der Waals surface area contributed by atoms with Gasteiger partial charge in [-0.15, -0.1) is 0 Å². The number of ether oxygens (including phenoxy) is 1. The van der Waals surface area contributed by atoms with E-state index in [1.54, 1.807) is 36.4 Å². The van der Waals surface area contributed by atoms with Crippen LogP contribution in [0, 0.1) is 5.82 Å². The predicted molar refractivity (Wildman–Crippen MR) is 124 cm³/mol. The maximum Gasteiger partial charge on any atom is 0.220 e.